The number of benzene rings is 2. The van der Waals surface area contributed by atoms with Gasteiger partial charge in [0.25, 0.3) is 5.56 Å². The molecule has 0 saturated heterocycles. The lowest BCUT2D eigenvalue weighted by molar-refractivity contribution is 1.12. The molecule has 4 N–H and O–H groups in total. The van der Waals surface area contributed by atoms with Gasteiger partial charge in [0.05, 0.1) is 34.6 Å². The van der Waals surface area contributed by atoms with E-state index in [2.05, 4.69) is 30.1 Å². The normalized spacial score (nSPS) is 11.3. The van der Waals surface area contributed by atoms with Crippen LogP contribution in [0.3, 0.4) is 0 Å². The lowest BCUT2D eigenvalue weighted by atomic mass is 9.95. The van der Waals surface area contributed by atoms with E-state index in [1.54, 1.807) is 24.7 Å². The second kappa shape index (κ2) is 5.73. The number of rotatable bonds is 2. The minimum atomic E-state index is -0.309. The Morgan fingerprint density at radius 2 is 1.81 bits per heavy atom. The van der Waals surface area contributed by atoms with Crippen LogP contribution < -0.4 is 11.3 Å². The van der Waals surface area contributed by atoms with E-state index in [9.17, 15) is 4.79 Å². The van der Waals surface area contributed by atoms with Gasteiger partial charge >= 0.3 is 0 Å². The van der Waals surface area contributed by atoms with E-state index in [-0.39, 0.29) is 5.56 Å². The van der Waals surface area contributed by atoms with Crippen molar-refractivity contribution < 1.29 is 0 Å². The molecular formula is C19H13N7O. The second-order valence-corrected chi connectivity index (χ2v) is 6.05. The van der Waals surface area contributed by atoms with Crippen LogP contribution in [-0.4, -0.2) is 30.1 Å². The molecule has 8 nitrogen and oxygen atoms in total. The Balaban J connectivity index is 1.95. The molecule has 130 valence electrons. The van der Waals surface area contributed by atoms with Gasteiger partial charge in [0.15, 0.2) is 5.82 Å². The summed E-state index contributed by atoms with van der Waals surface area (Å²) in [6.07, 6.45) is 6.38. The molecule has 0 unspecified atom stereocenters. The first-order valence-corrected chi connectivity index (χ1v) is 8.24. The average Bonchev–Trinajstić information content (AvgIpc) is 3.18. The van der Waals surface area contributed by atoms with E-state index in [0.29, 0.717) is 33.5 Å². The number of nitrogens with zero attached hydrogens (tertiary/aromatic N) is 4. The summed E-state index contributed by atoms with van der Waals surface area (Å²) in [6, 6.07) is 9.39. The summed E-state index contributed by atoms with van der Waals surface area (Å²) in [7, 11) is 0. The summed E-state index contributed by atoms with van der Waals surface area (Å²) < 4.78 is 0. The number of nitrogens with two attached hydrogens (primary N) is 1. The van der Waals surface area contributed by atoms with Gasteiger partial charge in [-0.3, -0.25) is 9.89 Å². The van der Waals surface area contributed by atoms with Crippen molar-refractivity contribution >= 4 is 27.5 Å². The van der Waals surface area contributed by atoms with Crippen molar-refractivity contribution in [2.24, 2.45) is 0 Å². The molecule has 0 bridgehead atoms. The van der Waals surface area contributed by atoms with Crippen LogP contribution in [0.5, 0.6) is 0 Å². The van der Waals surface area contributed by atoms with Gasteiger partial charge in [-0.25, -0.2) is 15.0 Å². The van der Waals surface area contributed by atoms with E-state index in [0.717, 1.165) is 16.5 Å². The van der Waals surface area contributed by atoms with Crippen molar-refractivity contribution in [1.29, 1.82) is 0 Å². The van der Waals surface area contributed by atoms with Gasteiger partial charge in [-0.05, 0) is 23.8 Å². The largest absolute Gasteiger partial charge is 0.398 e. The first-order valence-electron chi connectivity index (χ1n) is 8.24. The Hall–Kier alpha value is -4.07. The number of hydrogen-bond donors (Lipinski definition) is 3. The summed E-state index contributed by atoms with van der Waals surface area (Å²) in [5.74, 6) is 0.473. The maximum Gasteiger partial charge on any atom is 0.260 e. The van der Waals surface area contributed by atoms with Crippen molar-refractivity contribution in [1.82, 2.24) is 30.1 Å². The highest BCUT2D eigenvalue weighted by molar-refractivity contribution is 6.08. The van der Waals surface area contributed by atoms with Gasteiger partial charge in [-0.2, -0.15) is 5.10 Å². The van der Waals surface area contributed by atoms with Crippen molar-refractivity contribution in [2.45, 2.75) is 0 Å². The van der Waals surface area contributed by atoms with Gasteiger partial charge in [-0.1, -0.05) is 12.1 Å². The van der Waals surface area contributed by atoms with E-state index in [1.165, 1.54) is 6.33 Å². The predicted molar refractivity (Wildman–Crippen MR) is 103 cm³/mol. The SMILES string of the molecule is Nc1c(-c2cccc3[nH]ncc23)cc(-c2ncccn2)c2nc[nH]c(=O)c12. The Morgan fingerprint density at radius 3 is 2.67 bits per heavy atom. The maximum absolute atomic E-state index is 12.5. The van der Waals surface area contributed by atoms with Crippen molar-refractivity contribution in [3.05, 3.63) is 65.6 Å². The molecule has 0 spiro atoms. The molecule has 27 heavy (non-hydrogen) atoms. The summed E-state index contributed by atoms with van der Waals surface area (Å²) in [6.45, 7) is 0. The average molecular weight is 355 g/mol. The molecule has 3 aromatic heterocycles. The highest BCUT2D eigenvalue weighted by Gasteiger charge is 2.19. The molecule has 0 atom stereocenters. The third kappa shape index (κ3) is 2.27. The third-order valence-electron chi connectivity index (χ3n) is 4.54. The maximum atomic E-state index is 12.5. The molecule has 3 heterocycles. The van der Waals surface area contributed by atoms with Gasteiger partial charge in [0.1, 0.15) is 0 Å². The van der Waals surface area contributed by atoms with Crippen LogP contribution in [0.1, 0.15) is 0 Å². The highest BCUT2D eigenvalue weighted by atomic mass is 16.1. The van der Waals surface area contributed by atoms with Gasteiger partial charge < -0.3 is 10.7 Å². The summed E-state index contributed by atoms with van der Waals surface area (Å²) in [5, 5.41) is 8.28. The molecule has 0 saturated carbocycles. The zero-order valence-electron chi connectivity index (χ0n) is 14.0. The number of nitrogen functional groups attached to an aromatic ring is 1. The molecule has 0 aliphatic carbocycles. The monoisotopic (exact) mass is 355 g/mol. The Morgan fingerprint density at radius 1 is 0.963 bits per heavy atom. The minimum Gasteiger partial charge on any atom is -0.398 e. The Kier molecular flexibility index (Phi) is 3.23. The zero-order chi connectivity index (χ0) is 18.4. The fraction of sp³-hybridized carbons (Fsp3) is 0. The van der Waals surface area contributed by atoms with Gasteiger partial charge in [0.2, 0.25) is 0 Å². The molecule has 0 aliphatic rings. The van der Waals surface area contributed by atoms with E-state index < -0.39 is 0 Å². The molecule has 8 heteroatoms. The molecule has 0 aliphatic heterocycles. The lowest BCUT2D eigenvalue weighted by Crippen LogP contribution is -2.11. The van der Waals surface area contributed by atoms with Crippen LogP contribution in [0.2, 0.25) is 0 Å². The van der Waals surface area contributed by atoms with Crippen molar-refractivity contribution in [3.8, 4) is 22.5 Å². The first-order chi connectivity index (χ1) is 13.2. The highest BCUT2D eigenvalue weighted by Crippen LogP contribution is 2.38. The second-order valence-electron chi connectivity index (χ2n) is 6.05. The molecule has 0 fully saturated rings. The molecular weight excluding hydrogens is 342 g/mol. The van der Waals surface area contributed by atoms with E-state index in [4.69, 9.17) is 5.73 Å². The molecule has 0 amide bonds. The summed E-state index contributed by atoms with van der Waals surface area (Å²) in [5.41, 5.74) is 10.0. The summed E-state index contributed by atoms with van der Waals surface area (Å²) >= 11 is 0. The lowest BCUT2D eigenvalue weighted by Gasteiger charge is -2.13. The smallest absolute Gasteiger partial charge is 0.260 e. The molecule has 5 aromatic rings. The van der Waals surface area contributed by atoms with Crippen LogP contribution in [0.4, 0.5) is 5.69 Å². The standard InChI is InChI=1S/C19H13N7O/c20-16-11(10-3-1-4-14-13(10)8-25-26-14)7-12(18-21-5-2-6-22-18)17-15(16)19(27)24-9-23-17/h1-9H,20H2,(H,25,26)(H,23,24,27). The van der Waals surface area contributed by atoms with Crippen LogP contribution >= 0.6 is 0 Å². The number of hydrogen-bond acceptors (Lipinski definition) is 6. The quantitative estimate of drug-likeness (QED) is 0.418. The fourth-order valence-corrected chi connectivity index (χ4v) is 3.31. The van der Waals surface area contributed by atoms with Crippen LogP contribution in [-0.2, 0) is 0 Å². The predicted octanol–water partition coefficient (Wildman–Crippen LogP) is 2.51. The van der Waals surface area contributed by atoms with Crippen LogP contribution in [0.15, 0.2) is 60.0 Å². The first kappa shape index (κ1) is 15.2. The van der Waals surface area contributed by atoms with Gasteiger partial charge in [0, 0.05) is 28.9 Å². The Bertz CT molecular complexity index is 1360. The number of aromatic nitrogens is 6. The summed E-state index contributed by atoms with van der Waals surface area (Å²) in [4.78, 5) is 28.1. The third-order valence-corrected chi connectivity index (χ3v) is 4.54. The Labute approximate surface area is 152 Å². The minimum absolute atomic E-state index is 0.309. The topological polar surface area (TPSA) is 126 Å². The fourth-order valence-electron chi connectivity index (χ4n) is 3.31. The number of aromatic amines is 2. The molecule has 2 aromatic carbocycles. The number of fused-ring (bicyclic) bond motifs is 2. The number of nitrogens with one attached hydrogen (secondary N) is 2. The van der Waals surface area contributed by atoms with Crippen molar-refractivity contribution in [3.63, 3.8) is 0 Å². The van der Waals surface area contributed by atoms with Crippen LogP contribution in [0, 0.1) is 0 Å². The molecule has 5 rings (SSSR count). The van der Waals surface area contributed by atoms with Gasteiger partial charge in [-0.15, -0.1) is 0 Å². The van der Waals surface area contributed by atoms with Crippen molar-refractivity contribution in [2.75, 3.05) is 5.73 Å². The molecule has 0 radical (unpaired) electrons. The zero-order valence-corrected chi connectivity index (χ0v) is 14.0. The number of H-pyrrole nitrogens is 2. The van der Waals surface area contributed by atoms with Crippen LogP contribution in [0.25, 0.3) is 44.3 Å². The van der Waals surface area contributed by atoms with E-state index in [1.807, 2.05) is 24.3 Å². The number of anilines is 1. The van der Waals surface area contributed by atoms with E-state index >= 15 is 0 Å².